The zero-order chi connectivity index (χ0) is 8.08. The fourth-order valence-corrected chi connectivity index (χ4v) is 0. The molecule has 5 nitrogen and oxygen atoms in total. The summed E-state index contributed by atoms with van der Waals surface area (Å²) in [7, 11) is -1.24. The van der Waals surface area contributed by atoms with Gasteiger partial charge in [0.05, 0.1) is 0 Å². The molecular weight excluding hydrogens is 161 g/mol. The molecule has 0 aromatic heterocycles. The van der Waals surface area contributed by atoms with Crippen LogP contribution in [-0.4, -0.2) is 52.0 Å². The second kappa shape index (κ2) is 5.17. The summed E-state index contributed by atoms with van der Waals surface area (Å²) in [5, 5.41) is 0. The van der Waals surface area contributed by atoms with Crippen molar-refractivity contribution in [2.45, 2.75) is 0 Å². The number of nitrogens with zero attached hydrogens (tertiary/aromatic N) is 1. The maximum Gasteiger partial charge on any atom is 0.0311 e. The maximum absolute atomic E-state index is 8.52. The molecule has 7 heteroatoms. The van der Waals surface area contributed by atoms with Crippen molar-refractivity contribution >= 4 is 26.9 Å². The summed E-state index contributed by atoms with van der Waals surface area (Å²) in [4.78, 5) is 0. The zero-order valence-electron chi connectivity index (χ0n) is 5.07. The third kappa shape index (κ3) is 2580. The molecule has 0 saturated heterocycles. The van der Waals surface area contributed by atoms with Crippen LogP contribution in [0.1, 0.15) is 0 Å². The van der Waals surface area contributed by atoms with Crippen LogP contribution in [-0.2, 0) is 10.4 Å². The Morgan fingerprint density at radius 1 is 1.33 bits per heavy atom. The van der Waals surface area contributed by atoms with Crippen molar-refractivity contribution in [3.63, 3.8) is 0 Å². The second-order valence-electron chi connectivity index (χ2n) is 1.37. The van der Waals surface area contributed by atoms with Crippen molar-refractivity contribution in [2.75, 3.05) is 14.1 Å². The molecule has 0 aliphatic carbocycles. The van der Waals surface area contributed by atoms with Crippen LogP contribution in [0.15, 0.2) is 0 Å². The molecule has 0 spiro atoms. The van der Waals surface area contributed by atoms with Crippen molar-refractivity contribution in [2.24, 2.45) is 0 Å². The number of hydrogen-bond donors (Lipinski definition) is 0. The van der Waals surface area contributed by atoms with Gasteiger partial charge >= 0.3 is 34.5 Å². The van der Waals surface area contributed by atoms with Gasteiger partial charge in [0.15, 0.2) is 0 Å². The minimum atomic E-state index is -5.17. The van der Waals surface area contributed by atoms with Crippen LogP contribution in [0.2, 0.25) is 0 Å². The summed E-state index contributed by atoms with van der Waals surface area (Å²) in [5.74, 6) is 0. The van der Waals surface area contributed by atoms with Gasteiger partial charge in [0.2, 0.25) is 0 Å². The Kier molecular flexibility index (Phi) is 6.94. The Bertz CT molecular complexity index is 130. The molecule has 0 bridgehead atoms. The fourth-order valence-electron chi connectivity index (χ4n) is 0. The van der Waals surface area contributed by atoms with E-state index in [-0.39, 0.29) is 0 Å². The van der Waals surface area contributed by atoms with Crippen molar-refractivity contribution < 1.29 is 17.5 Å². The van der Waals surface area contributed by atoms with E-state index in [1.54, 1.807) is 0 Å². The standard InChI is InChI=1S/C2H6N.Al.H2O4S/c1-3-2;;1-5(2,3)4/h1-2H3;;(H2,1,2,3,4)/q-1;+3;/p-2. The van der Waals surface area contributed by atoms with Crippen molar-refractivity contribution in [3.8, 4) is 0 Å². The molecular formula is C2H6AlNO4S. The van der Waals surface area contributed by atoms with E-state index >= 15 is 0 Å². The van der Waals surface area contributed by atoms with E-state index in [0.717, 1.165) is 0 Å². The molecule has 0 amide bonds. The summed E-state index contributed by atoms with van der Waals surface area (Å²) < 4.78 is 36.0. The van der Waals surface area contributed by atoms with Gasteiger partial charge in [0.1, 0.15) is 0 Å². The summed E-state index contributed by atoms with van der Waals surface area (Å²) in [6.07, 6.45) is 0. The second-order valence-corrected chi connectivity index (χ2v) is 3.22. The van der Waals surface area contributed by atoms with Crippen molar-refractivity contribution in [1.82, 2.24) is 3.88 Å². The largest absolute Gasteiger partial charge is 0.759 e. The number of hydrogen-bond acceptors (Lipinski definition) is 5. The minimum Gasteiger partial charge on any atom is -0.759 e. The van der Waals surface area contributed by atoms with Crippen LogP contribution in [0.3, 0.4) is 0 Å². The SMILES string of the molecule is C[N](C)[Al+2].O=S(=O)([O-])[O-]. The molecule has 0 aromatic carbocycles. The van der Waals surface area contributed by atoms with Crippen LogP contribution in [0.25, 0.3) is 0 Å². The summed E-state index contributed by atoms with van der Waals surface area (Å²) in [5.41, 5.74) is 0. The first-order chi connectivity index (χ1) is 3.73. The van der Waals surface area contributed by atoms with Gasteiger partial charge in [-0.2, -0.15) is 0 Å². The van der Waals surface area contributed by atoms with Gasteiger partial charge in [-0.15, -0.1) is 0 Å². The first-order valence-electron chi connectivity index (χ1n) is 1.82. The first kappa shape index (κ1) is 12.1. The Hall–Kier alpha value is 0.362. The Labute approximate surface area is 62.9 Å². The average molecular weight is 167 g/mol. The molecule has 0 aliphatic rings. The van der Waals surface area contributed by atoms with E-state index in [0.29, 0.717) is 0 Å². The molecule has 0 heterocycles. The van der Waals surface area contributed by atoms with Gasteiger partial charge in [-0.25, -0.2) is 0 Å². The van der Waals surface area contributed by atoms with Crippen molar-refractivity contribution in [3.05, 3.63) is 0 Å². The van der Waals surface area contributed by atoms with Gasteiger partial charge in [-0.3, -0.25) is 8.42 Å². The molecule has 0 radical (unpaired) electrons. The normalized spacial score (nSPS) is 10.6. The molecule has 0 rings (SSSR count). The van der Waals surface area contributed by atoms with E-state index in [9.17, 15) is 0 Å². The van der Waals surface area contributed by atoms with E-state index in [1.165, 1.54) is 0 Å². The third-order valence-electron chi connectivity index (χ3n) is 0. The van der Waals surface area contributed by atoms with E-state index in [1.807, 2.05) is 18.0 Å². The predicted octanol–water partition coefficient (Wildman–Crippen LogP) is -1.71. The molecule has 0 unspecified atom stereocenters. The van der Waals surface area contributed by atoms with Crippen LogP contribution < -0.4 is 0 Å². The van der Waals surface area contributed by atoms with Crippen LogP contribution in [0.4, 0.5) is 0 Å². The summed E-state index contributed by atoms with van der Waals surface area (Å²) in [6.45, 7) is 0. The van der Waals surface area contributed by atoms with E-state index < -0.39 is 10.4 Å². The smallest absolute Gasteiger partial charge is 0.0311 e. The molecule has 0 fully saturated rings. The molecule has 52 valence electrons. The summed E-state index contributed by atoms with van der Waals surface area (Å²) >= 11 is 2.49. The van der Waals surface area contributed by atoms with Crippen LogP contribution in [0.5, 0.6) is 0 Å². The Morgan fingerprint density at radius 3 is 1.33 bits per heavy atom. The first-order valence-corrected chi connectivity index (χ1v) is 3.67. The average Bonchev–Trinajstić information content (AvgIpc) is 1.19. The van der Waals surface area contributed by atoms with Gasteiger partial charge in [-0.05, 0) is 0 Å². The quantitative estimate of drug-likeness (QED) is 0.244. The molecule has 9 heavy (non-hydrogen) atoms. The van der Waals surface area contributed by atoms with Gasteiger partial charge in [-0.1, -0.05) is 0 Å². The molecule has 0 aromatic rings. The molecule has 0 aliphatic heterocycles. The fraction of sp³-hybridized carbons (Fsp3) is 1.00. The van der Waals surface area contributed by atoms with Crippen LogP contribution >= 0.6 is 0 Å². The van der Waals surface area contributed by atoms with Gasteiger partial charge in [0.25, 0.3) is 0 Å². The molecule has 0 N–H and O–H groups in total. The van der Waals surface area contributed by atoms with E-state index in [4.69, 9.17) is 17.5 Å². The monoisotopic (exact) mass is 167 g/mol. The molecule has 0 saturated carbocycles. The van der Waals surface area contributed by atoms with E-state index in [2.05, 4.69) is 16.5 Å². The van der Waals surface area contributed by atoms with Crippen LogP contribution in [0, 0.1) is 0 Å². The number of rotatable bonds is 0. The van der Waals surface area contributed by atoms with Gasteiger partial charge in [0, 0.05) is 10.4 Å². The summed E-state index contributed by atoms with van der Waals surface area (Å²) in [6, 6.07) is 0. The molecule has 0 atom stereocenters. The Morgan fingerprint density at radius 2 is 1.33 bits per heavy atom. The predicted molar refractivity (Wildman–Crippen MR) is 29.9 cm³/mol. The Balaban J connectivity index is 0. The maximum atomic E-state index is 8.52. The topological polar surface area (TPSA) is 83.5 Å². The van der Waals surface area contributed by atoms with Gasteiger partial charge < -0.3 is 9.11 Å². The minimum absolute atomic E-state index is 1.92. The van der Waals surface area contributed by atoms with Crippen molar-refractivity contribution in [1.29, 1.82) is 0 Å². The third-order valence-corrected chi connectivity index (χ3v) is 0. The zero-order valence-corrected chi connectivity index (χ0v) is 7.04.